The standard InChI is InChI=1S/C17H19BrN4OS/c1-4-23-11(2)17-21-13(10-24-17)9-22(3)15-5-6-19-14-7-12(18)8-20-16(14)15/h5-8,10-11H,4,9H2,1-3H3. The van der Waals surface area contributed by atoms with Gasteiger partial charge in [-0.15, -0.1) is 11.3 Å². The predicted molar refractivity (Wildman–Crippen MR) is 102 cm³/mol. The lowest BCUT2D eigenvalue weighted by atomic mass is 10.2. The summed E-state index contributed by atoms with van der Waals surface area (Å²) < 4.78 is 6.54. The number of ether oxygens (including phenoxy) is 1. The number of anilines is 1. The second kappa shape index (κ2) is 7.55. The normalized spacial score (nSPS) is 12.5. The van der Waals surface area contributed by atoms with E-state index in [2.05, 4.69) is 36.2 Å². The van der Waals surface area contributed by atoms with Crippen LogP contribution in [0, 0.1) is 0 Å². The molecule has 1 atom stereocenters. The minimum atomic E-state index is 0.0415. The molecule has 0 amide bonds. The summed E-state index contributed by atoms with van der Waals surface area (Å²) in [5.74, 6) is 0. The summed E-state index contributed by atoms with van der Waals surface area (Å²) in [6.45, 7) is 5.44. The minimum Gasteiger partial charge on any atom is -0.372 e. The molecule has 1 unspecified atom stereocenters. The molecule has 0 aliphatic carbocycles. The number of thiazole rings is 1. The molecule has 0 saturated heterocycles. The number of fused-ring (bicyclic) bond motifs is 1. The number of hydrogen-bond donors (Lipinski definition) is 0. The highest BCUT2D eigenvalue weighted by Crippen LogP contribution is 2.27. The van der Waals surface area contributed by atoms with E-state index in [1.165, 1.54) is 0 Å². The van der Waals surface area contributed by atoms with E-state index in [0.29, 0.717) is 13.2 Å². The Morgan fingerprint density at radius 2 is 2.21 bits per heavy atom. The van der Waals surface area contributed by atoms with E-state index in [1.807, 2.05) is 39.2 Å². The summed E-state index contributed by atoms with van der Waals surface area (Å²) in [4.78, 5) is 15.7. The van der Waals surface area contributed by atoms with Gasteiger partial charge in [0, 0.05) is 35.9 Å². The Kier molecular flexibility index (Phi) is 5.43. The smallest absolute Gasteiger partial charge is 0.122 e. The molecule has 0 aliphatic rings. The number of pyridine rings is 2. The Labute approximate surface area is 153 Å². The molecule has 0 aliphatic heterocycles. The van der Waals surface area contributed by atoms with Crippen molar-refractivity contribution in [1.82, 2.24) is 15.0 Å². The van der Waals surface area contributed by atoms with Gasteiger partial charge in [0.25, 0.3) is 0 Å². The van der Waals surface area contributed by atoms with Crippen LogP contribution in [0.15, 0.2) is 34.4 Å². The highest BCUT2D eigenvalue weighted by molar-refractivity contribution is 9.10. The zero-order chi connectivity index (χ0) is 17.1. The van der Waals surface area contributed by atoms with Crippen molar-refractivity contribution in [2.75, 3.05) is 18.6 Å². The maximum Gasteiger partial charge on any atom is 0.122 e. The van der Waals surface area contributed by atoms with Crippen LogP contribution in [0.3, 0.4) is 0 Å². The summed E-state index contributed by atoms with van der Waals surface area (Å²) in [5, 5.41) is 3.11. The number of nitrogens with zero attached hydrogens (tertiary/aromatic N) is 4. The van der Waals surface area contributed by atoms with Gasteiger partial charge >= 0.3 is 0 Å². The first-order chi connectivity index (χ1) is 11.6. The highest BCUT2D eigenvalue weighted by Gasteiger charge is 2.13. The van der Waals surface area contributed by atoms with Crippen LogP contribution in [0.5, 0.6) is 0 Å². The van der Waals surface area contributed by atoms with Gasteiger partial charge in [-0.2, -0.15) is 0 Å². The number of halogens is 1. The fourth-order valence-corrected chi connectivity index (χ4v) is 3.66. The molecule has 24 heavy (non-hydrogen) atoms. The molecule has 3 heterocycles. The second-order valence-corrected chi connectivity index (χ2v) is 7.29. The van der Waals surface area contributed by atoms with Crippen molar-refractivity contribution in [2.24, 2.45) is 0 Å². The molecular weight excluding hydrogens is 388 g/mol. The van der Waals surface area contributed by atoms with Crippen LogP contribution in [-0.2, 0) is 11.3 Å². The van der Waals surface area contributed by atoms with Crippen LogP contribution in [0.1, 0.15) is 30.7 Å². The van der Waals surface area contributed by atoms with Crippen molar-refractivity contribution >= 4 is 44.0 Å². The first kappa shape index (κ1) is 17.3. The zero-order valence-corrected chi connectivity index (χ0v) is 16.3. The fourth-order valence-electron chi connectivity index (χ4n) is 2.53. The third-order valence-electron chi connectivity index (χ3n) is 3.67. The van der Waals surface area contributed by atoms with Crippen LogP contribution in [0.2, 0.25) is 0 Å². The SMILES string of the molecule is CCOC(C)c1nc(CN(C)c2ccnc3cc(Br)cnc23)cs1. The Balaban J connectivity index is 1.81. The van der Waals surface area contributed by atoms with Crippen LogP contribution in [0.25, 0.3) is 11.0 Å². The Morgan fingerprint density at radius 1 is 1.38 bits per heavy atom. The first-order valence-corrected chi connectivity index (χ1v) is 9.43. The summed E-state index contributed by atoms with van der Waals surface area (Å²) >= 11 is 5.08. The zero-order valence-electron chi connectivity index (χ0n) is 13.9. The highest BCUT2D eigenvalue weighted by atomic mass is 79.9. The summed E-state index contributed by atoms with van der Waals surface area (Å²) in [5.41, 5.74) is 3.84. The van der Waals surface area contributed by atoms with Gasteiger partial charge in [-0.3, -0.25) is 9.97 Å². The van der Waals surface area contributed by atoms with Gasteiger partial charge in [0.2, 0.25) is 0 Å². The lowest BCUT2D eigenvalue weighted by Gasteiger charge is -2.19. The van der Waals surface area contributed by atoms with Crippen LogP contribution in [0.4, 0.5) is 5.69 Å². The summed E-state index contributed by atoms with van der Waals surface area (Å²) in [6, 6.07) is 3.96. The van der Waals surface area contributed by atoms with Crippen LogP contribution < -0.4 is 4.90 Å². The van der Waals surface area contributed by atoms with Crippen LogP contribution >= 0.6 is 27.3 Å². The van der Waals surface area contributed by atoms with Gasteiger partial charge < -0.3 is 9.64 Å². The summed E-state index contributed by atoms with van der Waals surface area (Å²) in [6.07, 6.45) is 3.65. The quantitative estimate of drug-likeness (QED) is 0.599. The van der Waals surface area contributed by atoms with Crippen molar-refractivity contribution in [2.45, 2.75) is 26.5 Å². The van der Waals surface area contributed by atoms with Gasteiger partial charge in [-0.25, -0.2) is 4.98 Å². The average molecular weight is 407 g/mol. The van der Waals surface area contributed by atoms with Crippen molar-refractivity contribution in [3.63, 3.8) is 0 Å². The Morgan fingerprint density at radius 3 is 3.00 bits per heavy atom. The molecule has 3 aromatic heterocycles. The molecule has 0 N–H and O–H groups in total. The molecular formula is C17H19BrN4OS. The molecule has 0 saturated carbocycles. The van der Waals surface area contributed by atoms with Crippen molar-refractivity contribution in [3.8, 4) is 0 Å². The Bertz CT molecular complexity index is 838. The molecule has 5 nitrogen and oxygen atoms in total. The summed E-state index contributed by atoms with van der Waals surface area (Å²) in [7, 11) is 2.05. The third kappa shape index (κ3) is 3.74. The molecule has 0 aromatic carbocycles. The largest absolute Gasteiger partial charge is 0.372 e. The van der Waals surface area contributed by atoms with E-state index < -0.39 is 0 Å². The monoisotopic (exact) mass is 406 g/mol. The van der Waals surface area contributed by atoms with E-state index in [-0.39, 0.29) is 6.10 Å². The van der Waals surface area contributed by atoms with Gasteiger partial charge in [0.15, 0.2) is 0 Å². The van der Waals surface area contributed by atoms with Crippen molar-refractivity contribution < 1.29 is 4.74 Å². The average Bonchev–Trinajstić information content (AvgIpc) is 3.02. The maximum absolute atomic E-state index is 5.61. The third-order valence-corrected chi connectivity index (χ3v) is 5.16. The lowest BCUT2D eigenvalue weighted by molar-refractivity contribution is 0.0761. The number of rotatable bonds is 6. The molecule has 126 valence electrons. The van der Waals surface area contributed by atoms with Gasteiger partial charge in [0.05, 0.1) is 23.4 Å². The first-order valence-electron chi connectivity index (χ1n) is 7.75. The second-order valence-electron chi connectivity index (χ2n) is 5.48. The van der Waals surface area contributed by atoms with Gasteiger partial charge in [0.1, 0.15) is 16.6 Å². The van der Waals surface area contributed by atoms with E-state index in [9.17, 15) is 0 Å². The fraction of sp³-hybridized carbons (Fsp3) is 0.353. The van der Waals surface area contributed by atoms with Gasteiger partial charge in [-0.05, 0) is 41.9 Å². The van der Waals surface area contributed by atoms with E-state index >= 15 is 0 Å². The molecule has 0 bridgehead atoms. The van der Waals surface area contributed by atoms with E-state index in [1.54, 1.807) is 17.5 Å². The van der Waals surface area contributed by atoms with Crippen molar-refractivity contribution in [3.05, 3.63) is 45.1 Å². The molecule has 0 radical (unpaired) electrons. The maximum atomic E-state index is 5.61. The van der Waals surface area contributed by atoms with E-state index in [4.69, 9.17) is 9.72 Å². The molecule has 0 spiro atoms. The topological polar surface area (TPSA) is 51.1 Å². The lowest BCUT2D eigenvalue weighted by Crippen LogP contribution is -2.17. The minimum absolute atomic E-state index is 0.0415. The van der Waals surface area contributed by atoms with E-state index in [0.717, 1.165) is 31.9 Å². The van der Waals surface area contributed by atoms with Crippen molar-refractivity contribution in [1.29, 1.82) is 0 Å². The number of aromatic nitrogens is 3. The predicted octanol–water partition coefficient (Wildman–Crippen LogP) is 4.58. The number of hydrogen-bond acceptors (Lipinski definition) is 6. The molecule has 0 fully saturated rings. The van der Waals surface area contributed by atoms with Crippen LogP contribution in [-0.4, -0.2) is 28.6 Å². The molecule has 3 aromatic rings. The van der Waals surface area contributed by atoms with Gasteiger partial charge in [-0.1, -0.05) is 0 Å². The Hall–Kier alpha value is -1.57. The molecule has 7 heteroatoms. The molecule has 3 rings (SSSR count).